The summed E-state index contributed by atoms with van der Waals surface area (Å²) in [4.78, 5) is 27.1. The minimum absolute atomic E-state index is 0.0895. The number of rotatable bonds is 5. The molecule has 0 N–H and O–H groups in total. The van der Waals surface area contributed by atoms with Crippen molar-refractivity contribution in [1.29, 1.82) is 0 Å². The highest BCUT2D eigenvalue weighted by Gasteiger charge is 2.26. The maximum atomic E-state index is 12.0. The van der Waals surface area contributed by atoms with E-state index in [9.17, 15) is 14.9 Å². The first kappa shape index (κ1) is 19.6. The molecule has 0 aromatic heterocycles. The van der Waals surface area contributed by atoms with E-state index in [1.807, 2.05) is 12.2 Å². The molecule has 0 bridgehead atoms. The fourth-order valence-corrected chi connectivity index (χ4v) is 3.16. The minimum atomic E-state index is -0.727. The predicted octanol–water partition coefficient (Wildman–Crippen LogP) is 5.21. The molecule has 2 rings (SSSR count). The van der Waals surface area contributed by atoms with Crippen LogP contribution in [0.25, 0.3) is 0 Å². The van der Waals surface area contributed by atoms with Crippen molar-refractivity contribution in [3.8, 4) is 0 Å². The summed E-state index contributed by atoms with van der Waals surface area (Å²) in [5.74, 6) is -0.727. The molecule has 0 saturated carbocycles. The average molecular weight is 356 g/mol. The zero-order valence-electron chi connectivity index (χ0n) is 15.6. The number of hydrogen-bond acceptors (Lipinski definition) is 5. The van der Waals surface area contributed by atoms with Crippen LogP contribution in [0.3, 0.4) is 0 Å². The van der Waals surface area contributed by atoms with E-state index < -0.39 is 10.9 Å². The van der Waals surface area contributed by atoms with Crippen LogP contribution in [-0.2, 0) is 4.84 Å². The number of nitrogens with zero attached hydrogens (tertiary/aromatic N) is 2. The maximum absolute atomic E-state index is 12.0. The number of benzene rings is 1. The largest absolute Gasteiger partial charge is 0.365 e. The zero-order chi connectivity index (χ0) is 19.3. The zero-order valence-corrected chi connectivity index (χ0v) is 15.6. The number of non-ortho nitro benzene ring substituents is 1. The molecule has 0 saturated heterocycles. The van der Waals surface area contributed by atoms with Gasteiger partial charge in [0.1, 0.15) is 0 Å². The van der Waals surface area contributed by atoms with Crippen molar-refractivity contribution < 1.29 is 14.6 Å². The molecule has 138 valence electrons. The Morgan fingerprint density at radius 2 is 2.12 bits per heavy atom. The van der Waals surface area contributed by atoms with Crippen LogP contribution in [0.1, 0.15) is 57.3 Å². The summed E-state index contributed by atoms with van der Waals surface area (Å²) in [6.07, 6.45) is 7.30. The summed E-state index contributed by atoms with van der Waals surface area (Å²) in [5.41, 5.74) is 3.26. The van der Waals surface area contributed by atoms with Gasteiger partial charge in [-0.1, -0.05) is 36.7 Å². The van der Waals surface area contributed by atoms with Gasteiger partial charge in [-0.15, -0.1) is 0 Å². The first-order chi connectivity index (χ1) is 12.2. The second-order valence-electron chi connectivity index (χ2n) is 7.18. The van der Waals surface area contributed by atoms with Gasteiger partial charge < -0.3 is 4.84 Å². The van der Waals surface area contributed by atoms with Gasteiger partial charge in [-0.2, -0.15) is 0 Å². The highest BCUT2D eigenvalue weighted by Crippen LogP contribution is 2.40. The minimum Gasteiger partial charge on any atom is -0.313 e. The van der Waals surface area contributed by atoms with Crippen molar-refractivity contribution >= 4 is 17.4 Å². The Labute approximate surface area is 153 Å². The van der Waals surface area contributed by atoms with Crippen LogP contribution in [0.15, 0.2) is 52.7 Å². The van der Waals surface area contributed by atoms with Crippen molar-refractivity contribution in [3.63, 3.8) is 0 Å². The maximum Gasteiger partial charge on any atom is 0.365 e. The lowest BCUT2D eigenvalue weighted by Gasteiger charge is -2.32. The number of nitro groups is 1. The summed E-state index contributed by atoms with van der Waals surface area (Å²) in [7, 11) is 0. The number of oxime groups is 1. The lowest BCUT2D eigenvalue weighted by molar-refractivity contribution is -0.384. The van der Waals surface area contributed by atoms with Crippen molar-refractivity contribution in [3.05, 3.63) is 63.2 Å². The second-order valence-corrected chi connectivity index (χ2v) is 7.18. The molecule has 26 heavy (non-hydrogen) atoms. The topological polar surface area (TPSA) is 81.8 Å². The van der Waals surface area contributed by atoms with Crippen LogP contribution < -0.4 is 0 Å². The summed E-state index contributed by atoms with van der Waals surface area (Å²) in [6.45, 7) is 8.34. The molecule has 1 aromatic carbocycles. The summed E-state index contributed by atoms with van der Waals surface area (Å²) in [6, 6.07) is 5.37. The fourth-order valence-electron chi connectivity index (χ4n) is 3.16. The van der Waals surface area contributed by atoms with Crippen LogP contribution in [0.5, 0.6) is 0 Å². The van der Waals surface area contributed by atoms with E-state index in [1.54, 1.807) is 6.92 Å². The van der Waals surface area contributed by atoms with E-state index in [0.29, 0.717) is 5.71 Å². The quantitative estimate of drug-likeness (QED) is 0.314. The number of carbonyl (C=O) groups is 1. The van der Waals surface area contributed by atoms with E-state index in [1.165, 1.54) is 41.8 Å². The molecule has 6 nitrogen and oxygen atoms in total. The number of carbonyl (C=O) groups excluding carboxylic acids is 1. The molecule has 0 radical (unpaired) electrons. The van der Waals surface area contributed by atoms with Crippen molar-refractivity contribution in [2.45, 2.75) is 47.0 Å². The smallest absolute Gasteiger partial charge is 0.313 e. The van der Waals surface area contributed by atoms with Crippen molar-refractivity contribution in [2.24, 2.45) is 10.6 Å². The van der Waals surface area contributed by atoms with Gasteiger partial charge in [0.15, 0.2) is 0 Å². The van der Waals surface area contributed by atoms with Gasteiger partial charge in [-0.3, -0.25) is 10.1 Å². The first-order valence-corrected chi connectivity index (χ1v) is 8.59. The third-order valence-corrected chi connectivity index (χ3v) is 4.60. The lowest BCUT2D eigenvalue weighted by atomic mass is 9.72. The highest BCUT2D eigenvalue weighted by molar-refractivity contribution is 5.95. The third-order valence-electron chi connectivity index (χ3n) is 4.60. The van der Waals surface area contributed by atoms with Gasteiger partial charge in [0.2, 0.25) is 0 Å². The molecule has 1 aromatic rings. The molecule has 0 amide bonds. The van der Waals surface area contributed by atoms with Crippen molar-refractivity contribution in [2.75, 3.05) is 0 Å². The average Bonchev–Trinajstić information content (AvgIpc) is 2.58. The Morgan fingerprint density at radius 3 is 2.77 bits per heavy atom. The molecule has 1 aliphatic rings. The standard InChI is InChI=1S/C20H24N2O4/c1-14-7-6-12-20(3,4)18(14)11-10-15(2)21-26-19(23)16-8-5-9-17(13-16)22(24)25/h5,8-11,13H,6-7,12H2,1-4H3. The van der Waals surface area contributed by atoms with E-state index >= 15 is 0 Å². The Kier molecular flexibility index (Phi) is 6.08. The Balaban J connectivity index is 2.07. The van der Waals surface area contributed by atoms with Crippen LogP contribution in [-0.4, -0.2) is 16.6 Å². The number of nitro benzene ring substituents is 1. The molecular weight excluding hydrogens is 332 g/mol. The van der Waals surface area contributed by atoms with Gasteiger partial charge >= 0.3 is 5.97 Å². The molecule has 0 aliphatic heterocycles. The third kappa shape index (κ3) is 4.88. The Morgan fingerprint density at radius 1 is 1.38 bits per heavy atom. The summed E-state index contributed by atoms with van der Waals surface area (Å²) in [5, 5.41) is 14.6. The summed E-state index contributed by atoms with van der Waals surface area (Å²) < 4.78 is 0. The van der Waals surface area contributed by atoms with Gasteiger partial charge in [-0.25, -0.2) is 4.79 Å². The molecule has 0 atom stereocenters. The molecule has 0 spiro atoms. The Hall–Kier alpha value is -2.76. The van der Waals surface area contributed by atoms with Crippen LogP contribution in [0, 0.1) is 15.5 Å². The number of allylic oxidation sites excluding steroid dienone is 4. The Bertz CT molecular complexity index is 804. The first-order valence-electron chi connectivity index (χ1n) is 8.59. The lowest BCUT2D eigenvalue weighted by Crippen LogP contribution is -2.19. The SMILES string of the molecule is CC(C=CC1=C(C)CCCC1(C)C)=NOC(=O)c1cccc([N+](=O)[O-])c1. The van der Waals surface area contributed by atoms with Gasteiger partial charge in [0.05, 0.1) is 16.2 Å². The number of hydrogen-bond donors (Lipinski definition) is 0. The monoisotopic (exact) mass is 356 g/mol. The second kappa shape index (κ2) is 8.08. The van der Waals surface area contributed by atoms with Crippen LogP contribution >= 0.6 is 0 Å². The van der Waals surface area contributed by atoms with E-state index in [2.05, 4.69) is 25.9 Å². The molecule has 6 heteroatoms. The molecule has 1 aliphatic carbocycles. The summed E-state index contributed by atoms with van der Waals surface area (Å²) >= 11 is 0. The van der Waals surface area contributed by atoms with Crippen molar-refractivity contribution in [1.82, 2.24) is 0 Å². The van der Waals surface area contributed by atoms with Crippen LogP contribution in [0.2, 0.25) is 0 Å². The highest BCUT2D eigenvalue weighted by atomic mass is 16.7. The van der Waals surface area contributed by atoms with E-state index in [-0.39, 0.29) is 16.7 Å². The van der Waals surface area contributed by atoms with E-state index in [0.717, 1.165) is 12.8 Å². The normalized spacial score (nSPS) is 17.5. The molecule has 0 unspecified atom stereocenters. The van der Waals surface area contributed by atoms with Crippen LogP contribution in [0.4, 0.5) is 5.69 Å². The molecular formula is C20H24N2O4. The van der Waals surface area contributed by atoms with Gasteiger partial charge in [-0.05, 0) is 56.2 Å². The molecule has 0 fully saturated rings. The fraction of sp³-hybridized carbons (Fsp3) is 0.400. The predicted molar refractivity (Wildman–Crippen MR) is 101 cm³/mol. The van der Waals surface area contributed by atoms with Gasteiger partial charge in [0, 0.05) is 12.1 Å². The van der Waals surface area contributed by atoms with Gasteiger partial charge in [0.25, 0.3) is 5.69 Å². The molecule has 0 heterocycles. The van der Waals surface area contributed by atoms with E-state index in [4.69, 9.17) is 4.84 Å².